The molecule has 0 spiro atoms. The van der Waals surface area contributed by atoms with Crippen LogP contribution in [0.15, 0.2) is 53.5 Å². The van der Waals surface area contributed by atoms with E-state index in [2.05, 4.69) is 98.1 Å². The Hall–Kier alpha value is -3.64. The maximum atomic E-state index is 13.8. The highest BCUT2D eigenvalue weighted by atomic mass is 16.1. The zero-order chi connectivity index (χ0) is 28.3. The van der Waals surface area contributed by atoms with Gasteiger partial charge in [-0.2, -0.15) is 0 Å². The number of nitrogens with zero attached hydrogens (tertiary/aromatic N) is 2. The zero-order valence-corrected chi connectivity index (χ0v) is 24.4. The van der Waals surface area contributed by atoms with Crippen molar-refractivity contribution >= 4 is 16.8 Å². The van der Waals surface area contributed by atoms with Crippen molar-refractivity contribution in [1.82, 2.24) is 19.8 Å². The van der Waals surface area contributed by atoms with Crippen LogP contribution in [0, 0.1) is 13.8 Å². The molecule has 2 heterocycles. The number of benzene rings is 2. The highest BCUT2D eigenvalue weighted by Gasteiger charge is 2.20. The van der Waals surface area contributed by atoms with E-state index >= 15 is 0 Å². The summed E-state index contributed by atoms with van der Waals surface area (Å²) in [6.07, 6.45) is 4.86. The van der Waals surface area contributed by atoms with Crippen molar-refractivity contribution in [1.29, 1.82) is 0 Å². The van der Waals surface area contributed by atoms with Crippen LogP contribution in [0.4, 0.5) is 0 Å². The van der Waals surface area contributed by atoms with Crippen LogP contribution in [0.1, 0.15) is 71.5 Å². The van der Waals surface area contributed by atoms with Crippen molar-refractivity contribution in [2.24, 2.45) is 0 Å². The quantitative estimate of drug-likeness (QED) is 0.259. The molecule has 0 saturated heterocycles. The minimum Gasteiger partial charge on any atom is -0.348 e. The number of pyridine rings is 1. The van der Waals surface area contributed by atoms with Gasteiger partial charge in [0.25, 0.3) is 11.5 Å². The first-order valence-corrected chi connectivity index (χ1v) is 14.0. The van der Waals surface area contributed by atoms with E-state index in [4.69, 9.17) is 0 Å². The molecule has 2 N–H and O–H groups in total. The highest BCUT2D eigenvalue weighted by molar-refractivity contribution is 6.09. The summed E-state index contributed by atoms with van der Waals surface area (Å²) in [7, 11) is 4.17. The number of amides is 1. The van der Waals surface area contributed by atoms with Gasteiger partial charge in [-0.15, -0.1) is 0 Å². The van der Waals surface area contributed by atoms with Crippen molar-refractivity contribution in [3.05, 3.63) is 92.5 Å². The van der Waals surface area contributed by atoms with Crippen molar-refractivity contribution in [2.45, 2.75) is 66.5 Å². The summed E-state index contributed by atoms with van der Waals surface area (Å²) >= 11 is 0. The maximum Gasteiger partial charge on any atom is 0.253 e. The number of aromatic nitrogens is 2. The monoisotopic (exact) mass is 526 g/mol. The SMILES string of the molecule is CCCc1cc(C)[nH]c(=O)c1CNC(=O)c1cc(-c2ccc(CCN(C)C)cc2)cc2c1c(C)cn2C(C)C. The average Bonchev–Trinajstić information content (AvgIpc) is 3.23. The molecule has 4 rings (SSSR count). The van der Waals surface area contributed by atoms with Crippen LogP contribution in [-0.4, -0.2) is 41.0 Å². The number of carbonyl (C=O) groups excluding carboxylic acids is 1. The molecular weight excluding hydrogens is 484 g/mol. The van der Waals surface area contributed by atoms with Gasteiger partial charge in [-0.3, -0.25) is 9.59 Å². The van der Waals surface area contributed by atoms with Crippen LogP contribution in [0.5, 0.6) is 0 Å². The Morgan fingerprint density at radius 2 is 1.74 bits per heavy atom. The largest absolute Gasteiger partial charge is 0.348 e. The third-order valence-corrected chi connectivity index (χ3v) is 7.37. The molecule has 4 aromatic rings. The van der Waals surface area contributed by atoms with Gasteiger partial charge in [0.2, 0.25) is 0 Å². The molecule has 206 valence electrons. The van der Waals surface area contributed by atoms with Gasteiger partial charge in [0.15, 0.2) is 0 Å². The van der Waals surface area contributed by atoms with Crippen LogP contribution >= 0.6 is 0 Å². The summed E-state index contributed by atoms with van der Waals surface area (Å²) in [5.41, 5.74) is 8.45. The molecule has 2 aromatic heterocycles. The number of rotatable bonds is 10. The van der Waals surface area contributed by atoms with E-state index < -0.39 is 0 Å². The molecule has 39 heavy (non-hydrogen) atoms. The zero-order valence-electron chi connectivity index (χ0n) is 24.4. The summed E-state index contributed by atoms with van der Waals surface area (Å²) in [6, 6.07) is 15.1. The Morgan fingerprint density at radius 1 is 1.03 bits per heavy atom. The van der Waals surface area contributed by atoms with Crippen LogP contribution < -0.4 is 10.9 Å². The number of hydrogen-bond donors (Lipinski definition) is 2. The molecule has 0 unspecified atom stereocenters. The van der Waals surface area contributed by atoms with E-state index in [1.165, 1.54) is 5.56 Å². The number of likely N-dealkylation sites (N-methyl/N-ethyl adjacent to an activating group) is 1. The summed E-state index contributed by atoms with van der Waals surface area (Å²) in [5.74, 6) is -0.170. The molecular formula is C33H42N4O2. The number of hydrogen-bond acceptors (Lipinski definition) is 3. The predicted molar refractivity (Wildman–Crippen MR) is 162 cm³/mol. The first-order valence-electron chi connectivity index (χ1n) is 14.0. The van der Waals surface area contributed by atoms with E-state index in [0.717, 1.165) is 64.7 Å². The molecule has 0 bridgehead atoms. The molecule has 0 fully saturated rings. The van der Waals surface area contributed by atoms with Gasteiger partial charge in [0.1, 0.15) is 0 Å². The number of H-pyrrole nitrogens is 1. The molecule has 0 aliphatic carbocycles. The van der Waals surface area contributed by atoms with E-state index in [1.54, 1.807) is 0 Å². The van der Waals surface area contributed by atoms with Crippen LogP contribution in [-0.2, 0) is 19.4 Å². The van der Waals surface area contributed by atoms with E-state index in [9.17, 15) is 9.59 Å². The lowest BCUT2D eigenvalue weighted by Crippen LogP contribution is -2.28. The van der Waals surface area contributed by atoms with Gasteiger partial charge < -0.3 is 19.8 Å². The first-order chi connectivity index (χ1) is 18.6. The minimum atomic E-state index is -0.170. The fourth-order valence-electron chi connectivity index (χ4n) is 5.31. The second-order valence-corrected chi connectivity index (χ2v) is 11.2. The van der Waals surface area contributed by atoms with Gasteiger partial charge in [-0.25, -0.2) is 0 Å². The summed E-state index contributed by atoms with van der Waals surface area (Å²) in [5, 5.41) is 4.03. The van der Waals surface area contributed by atoms with Gasteiger partial charge in [-0.1, -0.05) is 37.6 Å². The standard InChI is InChI=1S/C33H42N4O2/c1-8-9-26-16-23(5)35-33(39)29(26)19-34-32(38)28-17-27(18-30-31(28)22(4)20-37(30)21(2)3)25-12-10-24(11-13-25)14-15-36(6)7/h10-13,16-18,20-21H,8-9,14-15,19H2,1-7H3,(H,34,38)(H,35,39). The second-order valence-electron chi connectivity index (χ2n) is 11.2. The normalized spacial score (nSPS) is 11.6. The highest BCUT2D eigenvalue weighted by Crippen LogP contribution is 2.33. The first kappa shape index (κ1) is 28.4. The van der Waals surface area contributed by atoms with Crippen LogP contribution in [0.25, 0.3) is 22.0 Å². The van der Waals surface area contributed by atoms with Gasteiger partial charge in [0, 0.05) is 53.1 Å². The smallest absolute Gasteiger partial charge is 0.253 e. The predicted octanol–water partition coefficient (Wildman–Crippen LogP) is 6.18. The Morgan fingerprint density at radius 3 is 2.38 bits per heavy atom. The van der Waals surface area contributed by atoms with E-state index in [0.29, 0.717) is 11.1 Å². The Kier molecular flexibility index (Phi) is 8.76. The number of carbonyl (C=O) groups is 1. The lowest BCUT2D eigenvalue weighted by molar-refractivity contribution is 0.0952. The molecule has 6 nitrogen and oxygen atoms in total. The molecule has 0 saturated carbocycles. The molecule has 1 amide bonds. The van der Waals surface area contributed by atoms with Crippen molar-refractivity contribution in [3.8, 4) is 11.1 Å². The van der Waals surface area contributed by atoms with Gasteiger partial charge >= 0.3 is 0 Å². The lowest BCUT2D eigenvalue weighted by Gasteiger charge is -2.15. The molecule has 0 atom stereocenters. The van der Waals surface area contributed by atoms with Crippen molar-refractivity contribution < 1.29 is 4.79 Å². The molecule has 2 aromatic carbocycles. The Balaban J connectivity index is 1.73. The fraction of sp³-hybridized carbons (Fsp3) is 0.394. The second kappa shape index (κ2) is 12.0. The number of nitrogens with one attached hydrogen (secondary N) is 2. The number of fused-ring (bicyclic) bond motifs is 1. The molecule has 0 radical (unpaired) electrons. The number of aryl methyl sites for hydroxylation is 3. The molecule has 6 heteroatoms. The Labute approximate surface area is 232 Å². The lowest BCUT2D eigenvalue weighted by atomic mass is 9.97. The third kappa shape index (κ3) is 6.34. The number of aromatic amines is 1. The van der Waals surface area contributed by atoms with Gasteiger partial charge in [0.05, 0.1) is 0 Å². The minimum absolute atomic E-state index is 0.130. The van der Waals surface area contributed by atoms with Crippen LogP contribution in [0.3, 0.4) is 0 Å². The average molecular weight is 527 g/mol. The van der Waals surface area contributed by atoms with Gasteiger partial charge in [-0.05, 0) is 101 Å². The fourth-order valence-corrected chi connectivity index (χ4v) is 5.31. The summed E-state index contributed by atoms with van der Waals surface area (Å²) in [6.45, 7) is 11.6. The maximum absolute atomic E-state index is 13.8. The van der Waals surface area contributed by atoms with Crippen LogP contribution in [0.2, 0.25) is 0 Å². The molecule has 0 aliphatic rings. The molecule has 0 aliphatic heterocycles. The third-order valence-electron chi connectivity index (χ3n) is 7.37. The van der Waals surface area contributed by atoms with Crippen molar-refractivity contribution in [2.75, 3.05) is 20.6 Å². The van der Waals surface area contributed by atoms with E-state index in [1.807, 2.05) is 19.1 Å². The van der Waals surface area contributed by atoms with E-state index in [-0.39, 0.29) is 24.1 Å². The summed E-state index contributed by atoms with van der Waals surface area (Å²) in [4.78, 5) is 31.6. The van der Waals surface area contributed by atoms with Crippen molar-refractivity contribution in [3.63, 3.8) is 0 Å². The topological polar surface area (TPSA) is 70.1 Å². The summed E-state index contributed by atoms with van der Waals surface area (Å²) < 4.78 is 2.24. The Bertz CT molecular complexity index is 1520.